The van der Waals surface area contributed by atoms with Crippen LogP contribution in [0.1, 0.15) is 5.56 Å². The Hall–Kier alpha value is -2.15. The number of amidine groups is 1. The molecule has 6 nitrogen and oxygen atoms in total. The minimum absolute atomic E-state index is 0.0217. The number of carbonyl (C=O) groups is 1. The number of hydrogen-bond acceptors (Lipinski definition) is 5. The summed E-state index contributed by atoms with van der Waals surface area (Å²) in [6.45, 7) is 0. The molecule has 1 aromatic carbocycles. The van der Waals surface area contributed by atoms with Crippen LogP contribution < -0.4 is 5.73 Å². The molecule has 0 saturated carbocycles. The van der Waals surface area contributed by atoms with E-state index >= 15 is 0 Å². The highest BCUT2D eigenvalue weighted by Crippen LogP contribution is 2.30. The summed E-state index contributed by atoms with van der Waals surface area (Å²) in [6.07, 6.45) is 0. The van der Waals surface area contributed by atoms with Crippen molar-refractivity contribution in [2.24, 2.45) is 10.7 Å². The Labute approximate surface area is 103 Å². The van der Waals surface area contributed by atoms with Gasteiger partial charge in [0.1, 0.15) is 11.7 Å². The maximum absolute atomic E-state index is 11.7. The highest BCUT2D eigenvalue weighted by atomic mass is 32.2. The lowest BCUT2D eigenvalue weighted by atomic mass is 10.2. The largest absolute Gasteiger partial charge is 0.384 e. The summed E-state index contributed by atoms with van der Waals surface area (Å²) in [5, 5.41) is -0.416. The molecule has 0 bridgehead atoms. The van der Waals surface area contributed by atoms with E-state index in [-0.39, 0.29) is 11.7 Å². The molecule has 3 rings (SSSR count). The van der Waals surface area contributed by atoms with Crippen LogP contribution in [-0.2, 0) is 14.6 Å². The van der Waals surface area contributed by atoms with Crippen LogP contribution in [0.3, 0.4) is 0 Å². The molecule has 2 N–H and O–H groups in total. The van der Waals surface area contributed by atoms with Gasteiger partial charge in [-0.2, -0.15) is 4.99 Å². The van der Waals surface area contributed by atoms with Crippen molar-refractivity contribution in [3.05, 3.63) is 47.1 Å². The summed E-state index contributed by atoms with van der Waals surface area (Å²) < 4.78 is 23.5. The lowest BCUT2D eigenvalue weighted by Crippen LogP contribution is -2.39. The molecule has 0 fully saturated rings. The standard InChI is InChI=1S/C11H9N3O3S/c12-8-6-18(16,17)11-10(15)13-9(14(8)11)7-4-2-1-3-5-7/h1-6,11H,12H2. The zero-order valence-corrected chi connectivity index (χ0v) is 9.96. The summed E-state index contributed by atoms with van der Waals surface area (Å²) in [5.41, 5.74) is 6.31. The molecule has 1 atom stereocenters. The smallest absolute Gasteiger partial charge is 0.287 e. The monoisotopic (exact) mass is 263 g/mol. The molecule has 18 heavy (non-hydrogen) atoms. The van der Waals surface area contributed by atoms with Crippen LogP contribution in [0.4, 0.5) is 0 Å². The number of nitrogens with zero attached hydrogens (tertiary/aromatic N) is 2. The van der Waals surface area contributed by atoms with Crippen molar-refractivity contribution in [3.63, 3.8) is 0 Å². The Balaban J connectivity index is 2.14. The maximum atomic E-state index is 11.7. The molecular formula is C11H9N3O3S. The van der Waals surface area contributed by atoms with Crippen molar-refractivity contribution in [2.45, 2.75) is 5.37 Å². The minimum Gasteiger partial charge on any atom is -0.384 e. The molecule has 0 aliphatic carbocycles. The lowest BCUT2D eigenvalue weighted by Gasteiger charge is -2.19. The second-order valence-corrected chi connectivity index (χ2v) is 5.85. The second-order valence-electron chi connectivity index (χ2n) is 3.99. The van der Waals surface area contributed by atoms with Gasteiger partial charge in [-0.25, -0.2) is 8.42 Å². The predicted molar refractivity (Wildman–Crippen MR) is 64.8 cm³/mol. The molecule has 2 heterocycles. The normalized spacial score (nSPS) is 24.8. The SMILES string of the molecule is NC1=CS(=O)(=O)C2C(=O)N=C(c3ccccc3)N12. The van der Waals surface area contributed by atoms with Gasteiger partial charge in [0, 0.05) is 5.56 Å². The van der Waals surface area contributed by atoms with E-state index in [9.17, 15) is 13.2 Å². The van der Waals surface area contributed by atoms with Crippen molar-refractivity contribution < 1.29 is 13.2 Å². The number of sulfone groups is 1. The Kier molecular flexibility index (Phi) is 2.09. The number of aliphatic imine (C=N–C) groups is 1. The van der Waals surface area contributed by atoms with Gasteiger partial charge in [0.05, 0.1) is 5.41 Å². The Bertz CT molecular complexity index is 692. The van der Waals surface area contributed by atoms with E-state index in [1.807, 2.05) is 6.07 Å². The highest BCUT2D eigenvalue weighted by Gasteiger charge is 2.49. The van der Waals surface area contributed by atoms with Gasteiger partial charge in [-0.15, -0.1) is 0 Å². The van der Waals surface area contributed by atoms with Crippen molar-refractivity contribution >= 4 is 21.6 Å². The molecule has 2 aliphatic rings. The van der Waals surface area contributed by atoms with Crippen LogP contribution in [0.5, 0.6) is 0 Å². The van der Waals surface area contributed by atoms with E-state index in [1.165, 1.54) is 4.90 Å². The van der Waals surface area contributed by atoms with Crippen molar-refractivity contribution in [1.29, 1.82) is 0 Å². The molecule has 1 amide bonds. The molecule has 1 aromatic rings. The molecule has 0 saturated heterocycles. The maximum Gasteiger partial charge on any atom is 0.287 e. The van der Waals surface area contributed by atoms with Gasteiger partial charge >= 0.3 is 0 Å². The van der Waals surface area contributed by atoms with Gasteiger partial charge in [0.15, 0.2) is 0 Å². The molecule has 7 heteroatoms. The van der Waals surface area contributed by atoms with E-state index in [1.54, 1.807) is 24.3 Å². The van der Waals surface area contributed by atoms with Gasteiger partial charge in [0.25, 0.3) is 5.91 Å². The van der Waals surface area contributed by atoms with E-state index in [4.69, 9.17) is 5.73 Å². The fourth-order valence-corrected chi connectivity index (χ4v) is 3.49. The van der Waals surface area contributed by atoms with E-state index in [0.717, 1.165) is 5.41 Å². The highest BCUT2D eigenvalue weighted by molar-refractivity contribution is 7.95. The predicted octanol–water partition coefficient (Wildman–Crippen LogP) is -0.213. The summed E-state index contributed by atoms with van der Waals surface area (Å²) >= 11 is 0. The first kappa shape index (κ1) is 11.0. The van der Waals surface area contributed by atoms with Crippen molar-refractivity contribution in [2.75, 3.05) is 0 Å². The van der Waals surface area contributed by atoms with Gasteiger partial charge in [-0.3, -0.25) is 9.69 Å². The molecule has 0 radical (unpaired) electrons. The second kappa shape index (κ2) is 3.42. The molecular weight excluding hydrogens is 254 g/mol. The first-order valence-electron chi connectivity index (χ1n) is 5.19. The van der Waals surface area contributed by atoms with Crippen LogP contribution >= 0.6 is 0 Å². The molecule has 1 unspecified atom stereocenters. The Morgan fingerprint density at radius 1 is 1.22 bits per heavy atom. The fourth-order valence-electron chi connectivity index (χ4n) is 2.06. The number of rotatable bonds is 1. The van der Waals surface area contributed by atoms with Crippen molar-refractivity contribution in [1.82, 2.24) is 4.90 Å². The third-order valence-electron chi connectivity index (χ3n) is 2.80. The Morgan fingerprint density at radius 2 is 1.89 bits per heavy atom. The quantitative estimate of drug-likeness (QED) is 0.756. The molecule has 0 aromatic heterocycles. The fraction of sp³-hybridized carbons (Fsp3) is 0.0909. The van der Waals surface area contributed by atoms with Gasteiger partial charge in [-0.1, -0.05) is 30.3 Å². The number of hydrogen-bond donors (Lipinski definition) is 1. The molecule has 2 aliphatic heterocycles. The minimum atomic E-state index is -3.69. The first-order valence-corrected chi connectivity index (χ1v) is 6.80. The van der Waals surface area contributed by atoms with Crippen LogP contribution in [-0.4, -0.2) is 30.4 Å². The summed E-state index contributed by atoms with van der Waals surface area (Å²) in [4.78, 5) is 16.8. The summed E-state index contributed by atoms with van der Waals surface area (Å²) in [6, 6.07) is 8.86. The third-order valence-corrected chi connectivity index (χ3v) is 4.40. The number of nitrogens with two attached hydrogens (primary N) is 1. The average Bonchev–Trinajstić information content (AvgIpc) is 2.79. The van der Waals surface area contributed by atoms with Crippen LogP contribution in [0.15, 0.2) is 46.6 Å². The number of fused-ring (bicyclic) bond motifs is 1. The topological polar surface area (TPSA) is 92.8 Å². The Morgan fingerprint density at radius 3 is 2.56 bits per heavy atom. The number of benzene rings is 1. The van der Waals surface area contributed by atoms with Crippen LogP contribution in [0.25, 0.3) is 0 Å². The third kappa shape index (κ3) is 1.37. The van der Waals surface area contributed by atoms with E-state index in [0.29, 0.717) is 5.56 Å². The number of amides is 1. The van der Waals surface area contributed by atoms with Crippen molar-refractivity contribution in [3.8, 4) is 0 Å². The van der Waals surface area contributed by atoms with E-state index < -0.39 is 21.1 Å². The van der Waals surface area contributed by atoms with Gasteiger partial charge in [0.2, 0.25) is 15.2 Å². The summed E-state index contributed by atoms with van der Waals surface area (Å²) in [5.74, 6) is -0.403. The first-order chi connectivity index (χ1) is 8.50. The average molecular weight is 263 g/mol. The van der Waals surface area contributed by atoms with Crippen LogP contribution in [0, 0.1) is 0 Å². The summed E-state index contributed by atoms with van der Waals surface area (Å²) in [7, 11) is -3.69. The molecule has 92 valence electrons. The lowest BCUT2D eigenvalue weighted by molar-refractivity contribution is -0.117. The van der Waals surface area contributed by atoms with Gasteiger partial charge < -0.3 is 5.73 Å². The van der Waals surface area contributed by atoms with Crippen LogP contribution in [0.2, 0.25) is 0 Å². The van der Waals surface area contributed by atoms with Gasteiger partial charge in [-0.05, 0) is 0 Å². The molecule has 0 spiro atoms. The van der Waals surface area contributed by atoms with E-state index in [2.05, 4.69) is 4.99 Å². The zero-order chi connectivity index (χ0) is 12.9. The number of carbonyl (C=O) groups excluding carboxylic acids is 1. The zero-order valence-electron chi connectivity index (χ0n) is 9.15.